The lowest BCUT2D eigenvalue weighted by Crippen LogP contribution is -2.30. The van der Waals surface area contributed by atoms with Crippen LogP contribution in [-0.2, 0) is 16.6 Å². The molecule has 120 valence electrons. The van der Waals surface area contributed by atoms with Gasteiger partial charge in [0.2, 0.25) is 10.0 Å². The van der Waals surface area contributed by atoms with E-state index in [2.05, 4.69) is 9.82 Å². The van der Waals surface area contributed by atoms with E-state index >= 15 is 0 Å². The molecule has 2 rings (SSSR count). The van der Waals surface area contributed by atoms with Crippen LogP contribution in [0.15, 0.2) is 4.90 Å². The lowest BCUT2D eigenvalue weighted by Gasteiger charge is -2.11. The zero-order chi connectivity index (χ0) is 15.5. The van der Waals surface area contributed by atoms with E-state index in [9.17, 15) is 8.42 Å². The van der Waals surface area contributed by atoms with E-state index in [1.807, 2.05) is 11.8 Å². The molecule has 1 saturated heterocycles. The summed E-state index contributed by atoms with van der Waals surface area (Å²) in [7, 11) is -3.49. The van der Waals surface area contributed by atoms with Crippen LogP contribution in [0, 0.1) is 13.8 Å². The van der Waals surface area contributed by atoms with Gasteiger partial charge >= 0.3 is 0 Å². The van der Waals surface area contributed by atoms with Crippen LogP contribution < -0.4 is 10.5 Å². The van der Waals surface area contributed by atoms with Gasteiger partial charge in [-0.05, 0) is 45.4 Å². The topological polar surface area (TPSA) is 90.0 Å². The maximum Gasteiger partial charge on any atom is 0.244 e. The third-order valence-corrected chi connectivity index (χ3v) is 6.76. The lowest BCUT2D eigenvalue weighted by molar-refractivity contribution is 0.562. The van der Waals surface area contributed by atoms with Gasteiger partial charge in [0, 0.05) is 18.3 Å². The highest BCUT2D eigenvalue weighted by Crippen LogP contribution is 2.26. The molecule has 8 heteroatoms. The largest absolute Gasteiger partial charge is 0.330 e. The number of hydrogen-bond donors (Lipinski definition) is 2. The van der Waals surface area contributed by atoms with E-state index in [0.717, 1.165) is 18.6 Å². The van der Waals surface area contributed by atoms with Gasteiger partial charge in [-0.25, -0.2) is 13.1 Å². The first-order chi connectivity index (χ1) is 9.95. The fourth-order valence-corrected chi connectivity index (χ4v) is 5.40. The Hall–Kier alpha value is -0.570. The fraction of sp³-hybridized carbons (Fsp3) is 0.769. The maximum absolute atomic E-state index is 12.5. The lowest BCUT2D eigenvalue weighted by atomic mass is 10.2. The van der Waals surface area contributed by atoms with Gasteiger partial charge in [0.25, 0.3) is 0 Å². The van der Waals surface area contributed by atoms with Crippen LogP contribution in [0.4, 0.5) is 0 Å². The van der Waals surface area contributed by atoms with Gasteiger partial charge in [-0.2, -0.15) is 16.9 Å². The van der Waals surface area contributed by atoms with Gasteiger partial charge in [-0.15, -0.1) is 0 Å². The van der Waals surface area contributed by atoms with Crippen LogP contribution in [0.2, 0.25) is 0 Å². The summed E-state index contributed by atoms with van der Waals surface area (Å²) >= 11 is 1.84. The second kappa shape index (κ2) is 7.13. The Bertz CT molecular complexity index is 577. The summed E-state index contributed by atoms with van der Waals surface area (Å²) in [6.07, 6.45) is 3.04. The highest BCUT2D eigenvalue weighted by Gasteiger charge is 2.26. The summed E-state index contributed by atoms with van der Waals surface area (Å²) in [5, 5.41) is 4.73. The first-order valence-electron chi connectivity index (χ1n) is 7.31. The third kappa shape index (κ3) is 4.00. The first kappa shape index (κ1) is 16.8. The molecule has 3 N–H and O–H groups in total. The van der Waals surface area contributed by atoms with Crippen molar-refractivity contribution in [3.05, 3.63) is 11.4 Å². The molecule has 0 aromatic carbocycles. The molecule has 0 amide bonds. The van der Waals surface area contributed by atoms with Gasteiger partial charge in [-0.1, -0.05) is 0 Å². The number of rotatable bonds is 7. The molecule has 0 saturated carbocycles. The van der Waals surface area contributed by atoms with Crippen molar-refractivity contribution < 1.29 is 8.42 Å². The smallest absolute Gasteiger partial charge is 0.244 e. The minimum absolute atomic E-state index is 0.322. The fourth-order valence-electron chi connectivity index (χ4n) is 2.61. The summed E-state index contributed by atoms with van der Waals surface area (Å²) in [6.45, 7) is 5.26. The van der Waals surface area contributed by atoms with Gasteiger partial charge in [0.15, 0.2) is 0 Å². The van der Waals surface area contributed by atoms with E-state index in [4.69, 9.17) is 5.73 Å². The summed E-state index contributed by atoms with van der Waals surface area (Å²) in [5.41, 5.74) is 6.74. The van der Waals surface area contributed by atoms with Crippen molar-refractivity contribution in [1.82, 2.24) is 14.5 Å². The Morgan fingerprint density at radius 2 is 2.24 bits per heavy atom. The molecule has 21 heavy (non-hydrogen) atoms. The molecule has 1 aliphatic rings. The third-order valence-electron chi connectivity index (χ3n) is 3.68. The van der Waals surface area contributed by atoms with Crippen molar-refractivity contribution in [2.75, 3.05) is 18.8 Å². The second-order valence-electron chi connectivity index (χ2n) is 5.35. The quantitative estimate of drug-likeness (QED) is 0.778. The molecule has 1 fully saturated rings. The summed E-state index contributed by atoms with van der Waals surface area (Å²) in [4.78, 5) is 0.322. The van der Waals surface area contributed by atoms with Crippen molar-refractivity contribution in [2.45, 2.75) is 49.8 Å². The highest BCUT2D eigenvalue weighted by molar-refractivity contribution is 8.00. The number of nitrogens with one attached hydrogen (secondary N) is 1. The maximum atomic E-state index is 12.5. The van der Waals surface area contributed by atoms with Crippen molar-refractivity contribution in [1.29, 1.82) is 0 Å². The molecule has 1 unspecified atom stereocenters. The zero-order valence-corrected chi connectivity index (χ0v) is 14.3. The van der Waals surface area contributed by atoms with Crippen molar-refractivity contribution in [3.8, 4) is 0 Å². The van der Waals surface area contributed by atoms with Gasteiger partial charge in [-0.3, -0.25) is 4.68 Å². The Morgan fingerprint density at radius 3 is 2.86 bits per heavy atom. The minimum Gasteiger partial charge on any atom is -0.330 e. The number of nitrogens with zero attached hydrogens (tertiary/aromatic N) is 2. The molecule has 1 aromatic heterocycles. The predicted molar refractivity (Wildman–Crippen MR) is 86.0 cm³/mol. The average Bonchev–Trinajstić information content (AvgIpc) is 3.03. The first-order valence-corrected chi connectivity index (χ1v) is 9.84. The Morgan fingerprint density at radius 1 is 1.48 bits per heavy atom. The molecule has 0 spiro atoms. The van der Waals surface area contributed by atoms with Crippen LogP contribution in [0.25, 0.3) is 0 Å². The van der Waals surface area contributed by atoms with E-state index in [1.165, 1.54) is 6.42 Å². The molecule has 1 atom stereocenters. The SMILES string of the molecule is Cc1nn(CCCN)c(C)c1S(=O)(=O)NCC1CCCS1. The molecular formula is C13H24N4O2S2. The summed E-state index contributed by atoms with van der Waals surface area (Å²) in [6, 6.07) is 0. The van der Waals surface area contributed by atoms with Gasteiger partial charge < -0.3 is 5.73 Å². The molecule has 0 radical (unpaired) electrons. The number of hydrogen-bond acceptors (Lipinski definition) is 5. The Balaban J connectivity index is 2.13. The molecule has 2 heterocycles. The van der Waals surface area contributed by atoms with Gasteiger partial charge in [0.1, 0.15) is 4.90 Å². The standard InChI is InChI=1S/C13H24N4O2S2/c1-10-13(11(2)17(16-10)7-4-6-14)21(18,19)15-9-12-5-3-8-20-12/h12,15H,3-9,14H2,1-2H3. The normalized spacial score (nSPS) is 19.3. The Kier molecular flexibility index (Phi) is 5.70. The number of aromatic nitrogens is 2. The summed E-state index contributed by atoms with van der Waals surface area (Å²) < 4.78 is 29.5. The van der Waals surface area contributed by atoms with Crippen LogP contribution in [0.5, 0.6) is 0 Å². The number of sulfonamides is 1. The molecule has 0 aliphatic carbocycles. The van der Waals surface area contributed by atoms with E-state index in [-0.39, 0.29) is 0 Å². The van der Waals surface area contributed by atoms with Gasteiger partial charge in [0.05, 0.1) is 11.4 Å². The summed E-state index contributed by atoms with van der Waals surface area (Å²) in [5.74, 6) is 1.13. The monoisotopic (exact) mass is 332 g/mol. The minimum atomic E-state index is -3.49. The molecule has 1 aromatic rings. The molecular weight excluding hydrogens is 308 g/mol. The van der Waals surface area contributed by atoms with Crippen molar-refractivity contribution in [3.63, 3.8) is 0 Å². The highest BCUT2D eigenvalue weighted by atomic mass is 32.2. The predicted octanol–water partition coefficient (Wildman–Crippen LogP) is 1.02. The van der Waals surface area contributed by atoms with Crippen LogP contribution in [0.3, 0.4) is 0 Å². The molecule has 1 aliphatic heterocycles. The van der Waals surface area contributed by atoms with Crippen LogP contribution in [0.1, 0.15) is 30.7 Å². The van der Waals surface area contributed by atoms with Crippen LogP contribution in [-0.4, -0.2) is 42.3 Å². The zero-order valence-electron chi connectivity index (χ0n) is 12.6. The Labute approximate surface area is 130 Å². The second-order valence-corrected chi connectivity index (χ2v) is 8.46. The number of nitrogens with two attached hydrogens (primary N) is 1. The van der Waals surface area contributed by atoms with E-state index < -0.39 is 10.0 Å². The molecule has 0 bridgehead atoms. The average molecular weight is 332 g/mol. The number of aryl methyl sites for hydroxylation is 2. The van der Waals surface area contributed by atoms with Crippen molar-refractivity contribution in [2.24, 2.45) is 5.73 Å². The van der Waals surface area contributed by atoms with E-state index in [0.29, 0.717) is 41.2 Å². The van der Waals surface area contributed by atoms with E-state index in [1.54, 1.807) is 18.5 Å². The molecule has 6 nitrogen and oxygen atoms in total. The van der Waals surface area contributed by atoms with Crippen LogP contribution >= 0.6 is 11.8 Å². The van der Waals surface area contributed by atoms with Crippen molar-refractivity contribution >= 4 is 21.8 Å². The number of thioether (sulfide) groups is 1.